The molecule has 0 aromatic heterocycles. The maximum Gasteiger partial charge on any atom is 0.354 e. The maximum atomic E-state index is 13.1. The van der Waals surface area contributed by atoms with E-state index in [9.17, 15) is 24.3 Å². The van der Waals surface area contributed by atoms with Crippen molar-refractivity contribution in [3.63, 3.8) is 0 Å². The van der Waals surface area contributed by atoms with Crippen LogP contribution in [0.2, 0.25) is 0 Å². The number of rotatable bonds is 6. The van der Waals surface area contributed by atoms with Crippen molar-refractivity contribution in [1.82, 2.24) is 9.91 Å². The third kappa shape index (κ3) is 3.42. The summed E-state index contributed by atoms with van der Waals surface area (Å²) >= 11 is 3.28. The number of hydrogen-bond donors (Lipinski definition) is 1. The van der Waals surface area contributed by atoms with Gasteiger partial charge in [0, 0.05) is 18.0 Å². The Morgan fingerprint density at radius 1 is 1.19 bits per heavy atom. The number of benzene rings is 1. The summed E-state index contributed by atoms with van der Waals surface area (Å²) in [6.07, 6.45) is 3.73. The zero-order valence-electron chi connectivity index (χ0n) is 14.2. The largest absolute Gasteiger partial charge is 0.477 e. The minimum absolute atomic E-state index is 0.189. The molecule has 0 bridgehead atoms. The molecule has 0 fully saturated rings. The molecule has 2 aliphatic heterocycles. The standard InChI is InChI=1S/C18H16BrN3O5/c19-9-3-7-13(17(25)22-14(18(26)27)8-4-10-20-22)21-15(23)11-5-1-2-6-12(11)16(21)24/h1-2,5-6,8,10,13H,3-4,7,9H2,(H,26,27). The van der Waals surface area contributed by atoms with Crippen molar-refractivity contribution >= 4 is 45.8 Å². The predicted octanol–water partition coefficient (Wildman–Crippen LogP) is 2.01. The molecular formula is C18H16BrN3O5. The number of halogens is 1. The number of nitrogens with zero attached hydrogens (tertiary/aromatic N) is 3. The number of carboxylic acids is 1. The normalized spacial score (nSPS) is 17.0. The first-order chi connectivity index (χ1) is 13.0. The monoisotopic (exact) mass is 433 g/mol. The number of carbonyl (C=O) groups is 4. The molecule has 9 heteroatoms. The van der Waals surface area contributed by atoms with Crippen molar-refractivity contribution in [2.24, 2.45) is 5.10 Å². The number of alkyl halides is 1. The van der Waals surface area contributed by atoms with Gasteiger partial charge in [0.05, 0.1) is 11.1 Å². The lowest BCUT2D eigenvalue weighted by atomic mass is 10.1. The molecule has 8 nitrogen and oxygen atoms in total. The van der Waals surface area contributed by atoms with Crippen LogP contribution in [0.15, 0.2) is 41.1 Å². The van der Waals surface area contributed by atoms with E-state index in [1.54, 1.807) is 12.1 Å². The Morgan fingerprint density at radius 2 is 1.81 bits per heavy atom. The minimum atomic E-state index is -1.30. The highest BCUT2D eigenvalue weighted by molar-refractivity contribution is 9.09. The van der Waals surface area contributed by atoms with E-state index in [2.05, 4.69) is 21.0 Å². The summed E-state index contributed by atoms with van der Waals surface area (Å²) < 4.78 is 0. The van der Waals surface area contributed by atoms with Crippen molar-refractivity contribution in [1.29, 1.82) is 0 Å². The molecule has 0 saturated heterocycles. The van der Waals surface area contributed by atoms with Gasteiger partial charge in [0.1, 0.15) is 11.7 Å². The number of hydrazone groups is 1. The van der Waals surface area contributed by atoms with Gasteiger partial charge in [-0.2, -0.15) is 10.1 Å². The number of hydrogen-bond acceptors (Lipinski definition) is 5. The SMILES string of the molecule is O=C(O)C1=CCC=NN1C(=O)C(CCCBr)N1C(=O)c2ccccc2C1=O. The van der Waals surface area contributed by atoms with Crippen LogP contribution in [0.1, 0.15) is 40.0 Å². The van der Waals surface area contributed by atoms with Gasteiger partial charge >= 0.3 is 5.97 Å². The highest BCUT2D eigenvalue weighted by atomic mass is 79.9. The van der Waals surface area contributed by atoms with Crippen molar-refractivity contribution in [2.75, 3.05) is 5.33 Å². The molecule has 140 valence electrons. The van der Waals surface area contributed by atoms with Gasteiger partial charge in [0.25, 0.3) is 17.7 Å². The Labute approximate surface area is 163 Å². The zero-order chi connectivity index (χ0) is 19.6. The quantitative estimate of drug-likeness (QED) is 0.545. The van der Waals surface area contributed by atoms with E-state index in [0.717, 1.165) is 9.91 Å². The van der Waals surface area contributed by atoms with Crippen LogP contribution in [0.4, 0.5) is 0 Å². The number of carbonyl (C=O) groups excluding carboxylic acids is 3. The highest BCUT2D eigenvalue weighted by Gasteiger charge is 2.44. The van der Waals surface area contributed by atoms with E-state index in [-0.39, 0.29) is 29.7 Å². The average Bonchev–Trinajstić information content (AvgIpc) is 2.93. The maximum absolute atomic E-state index is 13.1. The average molecular weight is 434 g/mol. The second-order valence-corrected chi connectivity index (χ2v) is 6.74. The third-order valence-electron chi connectivity index (χ3n) is 4.30. The van der Waals surface area contributed by atoms with Crippen LogP contribution in [0.5, 0.6) is 0 Å². The molecule has 0 radical (unpaired) electrons. The molecule has 0 aliphatic carbocycles. The summed E-state index contributed by atoms with van der Waals surface area (Å²) in [5, 5.41) is 14.5. The first-order valence-electron chi connectivity index (χ1n) is 8.30. The summed E-state index contributed by atoms with van der Waals surface area (Å²) in [6.45, 7) is 0. The van der Waals surface area contributed by atoms with E-state index < -0.39 is 29.7 Å². The molecule has 2 heterocycles. The number of allylic oxidation sites excluding steroid dienone is 1. The molecule has 3 rings (SSSR count). The number of amides is 3. The fraction of sp³-hybridized carbons (Fsp3) is 0.278. The van der Waals surface area contributed by atoms with Crippen molar-refractivity contribution in [3.8, 4) is 0 Å². The van der Waals surface area contributed by atoms with E-state index >= 15 is 0 Å². The first-order valence-corrected chi connectivity index (χ1v) is 9.42. The van der Waals surface area contributed by atoms with Crippen molar-refractivity contribution < 1.29 is 24.3 Å². The molecule has 2 aliphatic rings. The van der Waals surface area contributed by atoms with Gasteiger partial charge in [0.2, 0.25) is 0 Å². The molecule has 0 spiro atoms. The van der Waals surface area contributed by atoms with Gasteiger partial charge in [0.15, 0.2) is 0 Å². The first kappa shape index (κ1) is 19.0. The second-order valence-electron chi connectivity index (χ2n) is 5.95. The van der Waals surface area contributed by atoms with Gasteiger partial charge in [-0.1, -0.05) is 28.1 Å². The van der Waals surface area contributed by atoms with Gasteiger partial charge in [-0.15, -0.1) is 0 Å². The molecule has 1 N–H and O–H groups in total. The van der Waals surface area contributed by atoms with E-state index in [1.807, 2.05) is 0 Å². The van der Waals surface area contributed by atoms with Crippen LogP contribution in [0, 0.1) is 0 Å². The number of carboxylic acid groups (broad SMARTS) is 1. The Kier molecular flexibility index (Phi) is 5.50. The summed E-state index contributed by atoms with van der Waals surface area (Å²) in [7, 11) is 0. The van der Waals surface area contributed by atoms with Crippen molar-refractivity contribution in [2.45, 2.75) is 25.3 Å². The van der Waals surface area contributed by atoms with Gasteiger partial charge in [-0.05, 0) is 31.1 Å². The summed E-state index contributed by atoms with van der Waals surface area (Å²) in [4.78, 5) is 51.0. The molecule has 1 aromatic carbocycles. The van der Waals surface area contributed by atoms with Gasteiger partial charge < -0.3 is 5.11 Å². The zero-order valence-corrected chi connectivity index (χ0v) is 15.8. The van der Waals surface area contributed by atoms with Crippen molar-refractivity contribution in [3.05, 3.63) is 47.2 Å². The molecule has 0 saturated carbocycles. The summed E-state index contributed by atoms with van der Waals surface area (Å²) in [5.41, 5.74) is 0.175. The van der Waals surface area contributed by atoms with Crippen LogP contribution in [0.3, 0.4) is 0 Å². The molecule has 1 atom stereocenters. The Bertz CT molecular complexity index is 845. The molecule has 3 amide bonds. The summed E-state index contributed by atoms with van der Waals surface area (Å²) in [6, 6.07) is 5.20. The van der Waals surface area contributed by atoms with E-state index in [1.165, 1.54) is 24.4 Å². The molecule has 1 aromatic rings. The third-order valence-corrected chi connectivity index (χ3v) is 4.86. The fourth-order valence-electron chi connectivity index (χ4n) is 3.06. The molecule has 27 heavy (non-hydrogen) atoms. The molecular weight excluding hydrogens is 418 g/mol. The highest BCUT2D eigenvalue weighted by Crippen LogP contribution is 2.28. The number of aliphatic carboxylic acids is 1. The van der Waals surface area contributed by atoms with E-state index in [0.29, 0.717) is 11.8 Å². The predicted molar refractivity (Wildman–Crippen MR) is 99.4 cm³/mol. The topological polar surface area (TPSA) is 107 Å². The number of imide groups is 1. The van der Waals surface area contributed by atoms with Crippen LogP contribution >= 0.6 is 15.9 Å². The Balaban J connectivity index is 1.96. The lowest BCUT2D eigenvalue weighted by Gasteiger charge is -2.29. The van der Waals surface area contributed by atoms with E-state index in [4.69, 9.17) is 0 Å². The number of fused-ring (bicyclic) bond motifs is 1. The Hall–Kier alpha value is -2.81. The lowest BCUT2D eigenvalue weighted by molar-refractivity contribution is -0.141. The Morgan fingerprint density at radius 3 is 2.37 bits per heavy atom. The molecule has 1 unspecified atom stereocenters. The minimum Gasteiger partial charge on any atom is -0.477 e. The van der Waals surface area contributed by atoms with Crippen LogP contribution in [-0.4, -0.2) is 56.3 Å². The van der Waals surface area contributed by atoms with Gasteiger partial charge in [-0.3, -0.25) is 19.3 Å². The summed E-state index contributed by atoms with van der Waals surface area (Å²) in [5.74, 6) is -3.16. The van der Waals surface area contributed by atoms with Crippen LogP contribution in [-0.2, 0) is 9.59 Å². The smallest absolute Gasteiger partial charge is 0.354 e. The van der Waals surface area contributed by atoms with Gasteiger partial charge in [-0.25, -0.2) is 4.79 Å². The second kappa shape index (κ2) is 7.83. The lowest BCUT2D eigenvalue weighted by Crippen LogP contribution is -2.50. The van der Waals surface area contributed by atoms with Crippen LogP contribution < -0.4 is 0 Å². The fourth-order valence-corrected chi connectivity index (χ4v) is 3.38. The van der Waals surface area contributed by atoms with Crippen LogP contribution in [0.25, 0.3) is 0 Å².